The number of nitrogens with one attached hydrogen (secondary N) is 1. The molecule has 0 radical (unpaired) electrons. The van der Waals surface area contributed by atoms with Crippen molar-refractivity contribution in [2.75, 3.05) is 11.4 Å². The van der Waals surface area contributed by atoms with Gasteiger partial charge in [-0.1, -0.05) is 49.9 Å². The number of benzene rings is 1. The first kappa shape index (κ1) is 17.1. The zero-order valence-electron chi connectivity index (χ0n) is 15.3. The van der Waals surface area contributed by atoms with E-state index in [1.165, 1.54) is 36.8 Å². The van der Waals surface area contributed by atoms with Gasteiger partial charge in [-0.25, -0.2) is 4.98 Å². The van der Waals surface area contributed by atoms with Crippen LogP contribution in [0.3, 0.4) is 0 Å². The SMILES string of the molecule is O=C(NC1CCCCCC1)c1ccc(N2CCc3ccccc3C2)cn1. The number of hydrogen-bond donors (Lipinski definition) is 1. The Morgan fingerprint density at radius 1 is 1.00 bits per heavy atom. The van der Waals surface area contributed by atoms with E-state index in [1.54, 1.807) is 0 Å². The number of rotatable bonds is 3. The zero-order valence-corrected chi connectivity index (χ0v) is 15.3. The summed E-state index contributed by atoms with van der Waals surface area (Å²) in [5.74, 6) is -0.0348. The molecule has 1 aliphatic heterocycles. The fourth-order valence-electron chi connectivity index (χ4n) is 4.11. The summed E-state index contributed by atoms with van der Waals surface area (Å²) in [6.07, 6.45) is 10.1. The van der Waals surface area contributed by atoms with E-state index < -0.39 is 0 Å². The van der Waals surface area contributed by atoms with Gasteiger partial charge in [0.05, 0.1) is 11.9 Å². The first-order valence-corrected chi connectivity index (χ1v) is 9.88. The van der Waals surface area contributed by atoms with Crippen LogP contribution in [0.1, 0.15) is 60.1 Å². The molecule has 26 heavy (non-hydrogen) atoms. The largest absolute Gasteiger partial charge is 0.366 e. The predicted octanol–water partition coefficient (Wildman–Crippen LogP) is 4.10. The molecule has 2 heterocycles. The van der Waals surface area contributed by atoms with Crippen LogP contribution in [-0.4, -0.2) is 23.5 Å². The molecule has 1 fully saturated rings. The number of nitrogens with zero attached hydrogens (tertiary/aromatic N) is 2. The summed E-state index contributed by atoms with van der Waals surface area (Å²) in [5, 5.41) is 3.17. The minimum Gasteiger partial charge on any atom is -0.366 e. The lowest BCUT2D eigenvalue weighted by Crippen LogP contribution is -2.35. The second-order valence-corrected chi connectivity index (χ2v) is 7.50. The third kappa shape index (κ3) is 3.90. The van der Waals surface area contributed by atoms with E-state index in [4.69, 9.17) is 0 Å². The molecular weight excluding hydrogens is 322 g/mol. The molecule has 4 nitrogen and oxygen atoms in total. The van der Waals surface area contributed by atoms with Crippen LogP contribution in [0.15, 0.2) is 42.6 Å². The molecule has 0 saturated heterocycles. The van der Waals surface area contributed by atoms with Crippen LogP contribution in [0.4, 0.5) is 5.69 Å². The summed E-state index contributed by atoms with van der Waals surface area (Å²) < 4.78 is 0. The second kappa shape index (κ2) is 7.90. The quantitative estimate of drug-likeness (QED) is 0.849. The molecule has 2 aromatic rings. The minimum absolute atomic E-state index is 0.0348. The number of hydrogen-bond acceptors (Lipinski definition) is 3. The van der Waals surface area contributed by atoms with Gasteiger partial charge in [0, 0.05) is 19.1 Å². The molecule has 1 saturated carbocycles. The highest BCUT2D eigenvalue weighted by molar-refractivity contribution is 5.92. The van der Waals surface area contributed by atoms with Crippen LogP contribution in [0.5, 0.6) is 0 Å². The van der Waals surface area contributed by atoms with Crippen LogP contribution in [0.2, 0.25) is 0 Å². The average molecular weight is 349 g/mol. The summed E-state index contributed by atoms with van der Waals surface area (Å²) in [7, 11) is 0. The van der Waals surface area contributed by atoms with Crippen molar-refractivity contribution >= 4 is 11.6 Å². The molecule has 1 N–H and O–H groups in total. The lowest BCUT2D eigenvalue weighted by atomic mass is 10.00. The topological polar surface area (TPSA) is 45.2 Å². The van der Waals surface area contributed by atoms with Crippen molar-refractivity contribution in [2.24, 2.45) is 0 Å². The van der Waals surface area contributed by atoms with E-state index in [1.807, 2.05) is 18.3 Å². The van der Waals surface area contributed by atoms with E-state index in [-0.39, 0.29) is 5.91 Å². The first-order valence-electron chi connectivity index (χ1n) is 9.88. The number of pyridine rings is 1. The molecule has 1 aliphatic carbocycles. The Morgan fingerprint density at radius 2 is 1.77 bits per heavy atom. The van der Waals surface area contributed by atoms with Crippen molar-refractivity contribution in [3.05, 3.63) is 59.4 Å². The van der Waals surface area contributed by atoms with Gasteiger partial charge in [-0.2, -0.15) is 0 Å². The van der Waals surface area contributed by atoms with E-state index in [9.17, 15) is 4.79 Å². The molecule has 4 rings (SSSR count). The van der Waals surface area contributed by atoms with Gasteiger partial charge >= 0.3 is 0 Å². The van der Waals surface area contributed by atoms with Crippen LogP contribution in [-0.2, 0) is 13.0 Å². The van der Waals surface area contributed by atoms with Crippen molar-refractivity contribution in [1.29, 1.82) is 0 Å². The van der Waals surface area contributed by atoms with Crippen LogP contribution in [0, 0.1) is 0 Å². The zero-order chi connectivity index (χ0) is 17.8. The maximum Gasteiger partial charge on any atom is 0.270 e. The molecule has 1 aromatic carbocycles. The number of carbonyl (C=O) groups is 1. The smallest absolute Gasteiger partial charge is 0.270 e. The molecule has 2 aliphatic rings. The van der Waals surface area contributed by atoms with Crippen molar-refractivity contribution in [2.45, 2.75) is 57.5 Å². The van der Waals surface area contributed by atoms with E-state index in [2.05, 4.69) is 39.5 Å². The number of fused-ring (bicyclic) bond motifs is 1. The molecule has 1 amide bonds. The molecule has 136 valence electrons. The normalized spacial score (nSPS) is 18.1. The Bertz CT molecular complexity index is 748. The Labute approximate surface area is 155 Å². The standard InChI is InChI=1S/C22H27N3O/c26-22(24-19-9-3-1-2-4-10-19)21-12-11-20(15-23-21)25-14-13-17-7-5-6-8-18(17)16-25/h5-8,11-12,15,19H,1-4,9-10,13-14,16H2,(H,24,26). The van der Waals surface area contributed by atoms with E-state index >= 15 is 0 Å². The highest BCUT2D eigenvalue weighted by Crippen LogP contribution is 2.24. The Balaban J connectivity index is 1.40. The summed E-state index contributed by atoms with van der Waals surface area (Å²) in [6.45, 7) is 1.90. The van der Waals surface area contributed by atoms with Crippen molar-refractivity contribution < 1.29 is 4.79 Å². The van der Waals surface area contributed by atoms with Gasteiger partial charge in [-0.3, -0.25) is 4.79 Å². The fourth-order valence-corrected chi connectivity index (χ4v) is 4.11. The van der Waals surface area contributed by atoms with Gasteiger partial charge in [-0.05, 0) is 42.5 Å². The summed E-state index contributed by atoms with van der Waals surface area (Å²) in [6, 6.07) is 12.8. The predicted molar refractivity (Wildman–Crippen MR) is 104 cm³/mol. The van der Waals surface area contributed by atoms with Gasteiger partial charge in [0.15, 0.2) is 0 Å². The monoisotopic (exact) mass is 349 g/mol. The van der Waals surface area contributed by atoms with Gasteiger partial charge in [0.1, 0.15) is 5.69 Å². The second-order valence-electron chi connectivity index (χ2n) is 7.50. The average Bonchev–Trinajstić information content (AvgIpc) is 2.96. The maximum atomic E-state index is 12.5. The highest BCUT2D eigenvalue weighted by Gasteiger charge is 2.19. The van der Waals surface area contributed by atoms with Crippen molar-refractivity contribution in [3.8, 4) is 0 Å². The van der Waals surface area contributed by atoms with Crippen molar-refractivity contribution in [1.82, 2.24) is 10.3 Å². The lowest BCUT2D eigenvalue weighted by Gasteiger charge is -2.30. The van der Waals surface area contributed by atoms with Crippen LogP contribution in [0.25, 0.3) is 0 Å². The molecular formula is C22H27N3O. The van der Waals surface area contributed by atoms with Gasteiger partial charge in [0.2, 0.25) is 0 Å². The van der Waals surface area contributed by atoms with Gasteiger partial charge < -0.3 is 10.2 Å². The van der Waals surface area contributed by atoms with Crippen LogP contribution < -0.4 is 10.2 Å². The minimum atomic E-state index is -0.0348. The number of aromatic nitrogens is 1. The fraction of sp³-hybridized carbons (Fsp3) is 0.455. The Morgan fingerprint density at radius 3 is 2.50 bits per heavy atom. The molecule has 0 atom stereocenters. The third-order valence-corrected chi connectivity index (χ3v) is 5.67. The van der Waals surface area contributed by atoms with E-state index in [0.717, 1.165) is 38.0 Å². The molecule has 4 heteroatoms. The summed E-state index contributed by atoms with van der Waals surface area (Å²) >= 11 is 0. The number of carbonyl (C=O) groups excluding carboxylic acids is 1. The van der Waals surface area contributed by atoms with Gasteiger partial charge in [-0.15, -0.1) is 0 Å². The lowest BCUT2D eigenvalue weighted by molar-refractivity contribution is 0.0928. The summed E-state index contributed by atoms with van der Waals surface area (Å²) in [5.41, 5.74) is 4.44. The highest BCUT2D eigenvalue weighted by atomic mass is 16.1. The maximum absolute atomic E-state index is 12.5. The van der Waals surface area contributed by atoms with E-state index in [0.29, 0.717) is 11.7 Å². The van der Waals surface area contributed by atoms with Gasteiger partial charge in [0.25, 0.3) is 5.91 Å². The number of anilines is 1. The molecule has 0 unspecified atom stereocenters. The van der Waals surface area contributed by atoms with Crippen molar-refractivity contribution in [3.63, 3.8) is 0 Å². The Kier molecular flexibility index (Phi) is 5.19. The van der Waals surface area contributed by atoms with Crippen LogP contribution >= 0.6 is 0 Å². The molecule has 0 spiro atoms. The molecule has 1 aromatic heterocycles. The summed E-state index contributed by atoms with van der Waals surface area (Å²) in [4.78, 5) is 19.3. The number of amides is 1. The molecule has 0 bridgehead atoms. The first-order chi connectivity index (χ1) is 12.8. The Hall–Kier alpha value is -2.36. The third-order valence-electron chi connectivity index (χ3n) is 5.67.